The Bertz CT molecular complexity index is 749. The van der Waals surface area contributed by atoms with Crippen LogP contribution in [0, 0.1) is 8.48 Å². The van der Waals surface area contributed by atoms with Crippen LogP contribution in [0.25, 0.3) is 10.9 Å². The number of pyridine rings is 1. The van der Waals surface area contributed by atoms with E-state index in [4.69, 9.17) is 4.74 Å². The van der Waals surface area contributed by atoms with Crippen molar-refractivity contribution in [2.75, 3.05) is 6.54 Å². The quantitative estimate of drug-likeness (QED) is 0.526. The molecule has 0 aliphatic carbocycles. The predicted octanol–water partition coefficient (Wildman–Crippen LogP) is 3.66. The van der Waals surface area contributed by atoms with E-state index in [0.29, 0.717) is 12.2 Å². The van der Waals surface area contributed by atoms with Crippen LogP contribution in [0.1, 0.15) is 27.2 Å². The Morgan fingerprint density at radius 3 is 2.83 bits per heavy atom. The summed E-state index contributed by atoms with van der Waals surface area (Å²) in [5.74, 6) is 0.353. The molecular weight excluding hydrogens is 421 g/mol. The molecule has 0 aliphatic heterocycles. The maximum Gasteiger partial charge on any atom is 0.261 e. The molecule has 1 unspecified atom stereocenters. The number of halogens is 1. The molecule has 1 amide bonds. The zero-order valence-corrected chi connectivity index (χ0v) is 16.0. The summed E-state index contributed by atoms with van der Waals surface area (Å²) >= 11 is 2.20. The molecule has 2 rings (SSSR count). The van der Waals surface area contributed by atoms with Crippen molar-refractivity contribution in [2.45, 2.75) is 38.8 Å². The maximum atomic E-state index is 12.4. The van der Waals surface area contributed by atoms with Gasteiger partial charge in [0, 0.05) is 15.2 Å². The smallest absolute Gasteiger partial charge is 0.261 e. The van der Waals surface area contributed by atoms with Gasteiger partial charge in [-0.15, -0.1) is 0 Å². The minimum absolute atomic E-state index is 0.00918. The molecule has 1 aromatic carbocycles. The number of nitrogens with zero attached hydrogens (tertiary/aromatic N) is 2. The zero-order chi connectivity index (χ0) is 17.7. The molecule has 2 aromatic rings. The number of benzene rings is 1. The molecule has 1 N–H and O–H groups in total. The Morgan fingerprint density at radius 1 is 1.42 bits per heavy atom. The van der Waals surface area contributed by atoms with E-state index in [1.807, 2.05) is 25.1 Å². The lowest BCUT2D eigenvalue weighted by Gasteiger charge is -2.26. The highest BCUT2D eigenvalue weighted by atomic mass is 127. The minimum Gasteiger partial charge on any atom is -0.481 e. The number of rotatable bonds is 7. The van der Waals surface area contributed by atoms with Crippen LogP contribution in [0.3, 0.4) is 0 Å². The largest absolute Gasteiger partial charge is 0.481 e. The van der Waals surface area contributed by atoms with Crippen LogP contribution in [0.2, 0.25) is 0 Å². The monoisotopic (exact) mass is 441 g/mol. The van der Waals surface area contributed by atoms with Crippen molar-refractivity contribution in [2.24, 2.45) is 5.18 Å². The summed E-state index contributed by atoms with van der Waals surface area (Å²) < 4.78 is 6.88. The molecule has 1 aromatic heterocycles. The first-order chi connectivity index (χ1) is 11.3. The van der Waals surface area contributed by atoms with Gasteiger partial charge >= 0.3 is 0 Å². The van der Waals surface area contributed by atoms with E-state index in [1.54, 1.807) is 26.1 Å². The third kappa shape index (κ3) is 4.86. The molecule has 0 bridgehead atoms. The number of carbonyl (C=O) groups is 1. The van der Waals surface area contributed by atoms with Crippen molar-refractivity contribution in [3.63, 3.8) is 0 Å². The molecule has 0 fully saturated rings. The Morgan fingerprint density at radius 2 is 2.17 bits per heavy atom. The molecule has 0 saturated heterocycles. The second-order valence-corrected chi connectivity index (χ2v) is 7.43. The zero-order valence-electron chi connectivity index (χ0n) is 13.9. The summed E-state index contributed by atoms with van der Waals surface area (Å²) in [6.07, 6.45) is 1.68. The SMILES string of the molecule is CCC(Oc1ccc2ncc(I)cc2c1)C(=O)NC(C)(C)CN=O. The highest BCUT2D eigenvalue weighted by Crippen LogP contribution is 2.22. The van der Waals surface area contributed by atoms with E-state index in [0.717, 1.165) is 14.5 Å². The molecule has 0 saturated carbocycles. The van der Waals surface area contributed by atoms with E-state index in [2.05, 4.69) is 38.1 Å². The highest BCUT2D eigenvalue weighted by molar-refractivity contribution is 14.1. The van der Waals surface area contributed by atoms with Gasteiger partial charge in [-0.25, -0.2) is 0 Å². The third-order valence-electron chi connectivity index (χ3n) is 3.48. The predicted molar refractivity (Wildman–Crippen MR) is 102 cm³/mol. The fourth-order valence-electron chi connectivity index (χ4n) is 2.26. The van der Waals surface area contributed by atoms with E-state index in [1.165, 1.54) is 0 Å². The number of hydrogen-bond acceptors (Lipinski definition) is 5. The van der Waals surface area contributed by atoms with Gasteiger partial charge < -0.3 is 10.1 Å². The molecule has 24 heavy (non-hydrogen) atoms. The molecule has 0 spiro atoms. The Hall–Kier alpha value is -1.77. The van der Waals surface area contributed by atoms with Crippen LogP contribution in [-0.4, -0.2) is 29.1 Å². The summed E-state index contributed by atoms with van der Waals surface area (Å²) in [6.45, 7) is 5.39. The first-order valence-corrected chi connectivity index (χ1v) is 8.75. The van der Waals surface area contributed by atoms with Crippen LogP contribution in [0.5, 0.6) is 5.75 Å². The number of ether oxygens (including phenoxy) is 1. The van der Waals surface area contributed by atoms with Gasteiger partial charge in [-0.05, 0) is 67.1 Å². The second-order valence-electron chi connectivity index (χ2n) is 6.18. The Labute approximate surface area is 154 Å². The molecule has 1 heterocycles. The third-order valence-corrected chi connectivity index (χ3v) is 4.07. The summed E-state index contributed by atoms with van der Waals surface area (Å²) in [4.78, 5) is 27.2. The van der Waals surface area contributed by atoms with Gasteiger partial charge in [0.1, 0.15) is 12.3 Å². The number of nitrogens with one attached hydrogen (secondary N) is 1. The summed E-state index contributed by atoms with van der Waals surface area (Å²) in [7, 11) is 0. The summed E-state index contributed by atoms with van der Waals surface area (Å²) in [5, 5.41) is 6.62. The van der Waals surface area contributed by atoms with Crippen LogP contribution >= 0.6 is 22.6 Å². The summed E-state index contributed by atoms with van der Waals surface area (Å²) in [6, 6.07) is 7.55. The average molecular weight is 441 g/mol. The van der Waals surface area contributed by atoms with E-state index < -0.39 is 11.6 Å². The standard InChI is InChI=1S/C17H20IN3O3/c1-4-15(16(22)21-17(2,3)10-20-23)24-13-5-6-14-11(8-13)7-12(18)9-19-14/h5-9,15H,4,10H2,1-3H3,(H,21,22). The van der Waals surface area contributed by atoms with Crippen molar-refractivity contribution in [3.8, 4) is 5.75 Å². The summed E-state index contributed by atoms with van der Waals surface area (Å²) in [5.41, 5.74) is 0.178. The van der Waals surface area contributed by atoms with Gasteiger partial charge in [-0.2, -0.15) is 4.91 Å². The maximum absolute atomic E-state index is 12.4. The lowest BCUT2D eigenvalue weighted by Crippen LogP contribution is -2.50. The normalized spacial score (nSPS) is 12.7. The number of amides is 1. The van der Waals surface area contributed by atoms with Gasteiger partial charge in [0.2, 0.25) is 0 Å². The molecule has 0 aliphatic rings. The number of aromatic nitrogens is 1. The first kappa shape index (κ1) is 18.6. The molecule has 0 radical (unpaired) electrons. The number of hydrogen-bond donors (Lipinski definition) is 1. The van der Waals surface area contributed by atoms with Gasteiger partial charge in [0.05, 0.1) is 11.1 Å². The number of fused-ring (bicyclic) bond motifs is 1. The van der Waals surface area contributed by atoms with Gasteiger partial charge in [0.25, 0.3) is 5.91 Å². The van der Waals surface area contributed by atoms with Crippen LogP contribution < -0.4 is 10.1 Å². The fraction of sp³-hybridized carbons (Fsp3) is 0.412. The van der Waals surface area contributed by atoms with Crippen molar-refractivity contribution >= 4 is 39.4 Å². The van der Waals surface area contributed by atoms with E-state index in [-0.39, 0.29) is 12.5 Å². The highest BCUT2D eigenvalue weighted by Gasteiger charge is 2.26. The van der Waals surface area contributed by atoms with Crippen LogP contribution in [0.15, 0.2) is 35.6 Å². The molecule has 7 heteroatoms. The lowest BCUT2D eigenvalue weighted by molar-refractivity contribution is -0.129. The molecule has 128 valence electrons. The minimum atomic E-state index is -0.695. The van der Waals surface area contributed by atoms with Crippen LogP contribution in [-0.2, 0) is 4.79 Å². The number of carbonyl (C=O) groups excluding carboxylic acids is 1. The number of nitroso groups, excluding NO2 is 1. The van der Waals surface area contributed by atoms with Crippen molar-refractivity contribution < 1.29 is 9.53 Å². The van der Waals surface area contributed by atoms with Crippen LogP contribution in [0.4, 0.5) is 0 Å². The first-order valence-electron chi connectivity index (χ1n) is 7.68. The Balaban J connectivity index is 2.14. The van der Waals surface area contributed by atoms with Crippen molar-refractivity contribution in [1.29, 1.82) is 0 Å². The topological polar surface area (TPSA) is 80.7 Å². The molecular formula is C17H20IN3O3. The van der Waals surface area contributed by atoms with Gasteiger partial charge in [-0.1, -0.05) is 12.1 Å². The molecule has 6 nitrogen and oxygen atoms in total. The van der Waals surface area contributed by atoms with E-state index in [9.17, 15) is 9.70 Å². The fourth-order valence-corrected chi connectivity index (χ4v) is 2.73. The molecule has 1 atom stereocenters. The van der Waals surface area contributed by atoms with Gasteiger partial charge in [-0.3, -0.25) is 9.78 Å². The van der Waals surface area contributed by atoms with E-state index >= 15 is 0 Å². The average Bonchev–Trinajstić information content (AvgIpc) is 2.51. The second kappa shape index (κ2) is 7.87. The lowest BCUT2D eigenvalue weighted by atomic mass is 10.1. The van der Waals surface area contributed by atoms with Gasteiger partial charge in [0.15, 0.2) is 6.10 Å². The van der Waals surface area contributed by atoms with Crippen molar-refractivity contribution in [1.82, 2.24) is 10.3 Å². The van der Waals surface area contributed by atoms with Crippen molar-refractivity contribution in [3.05, 3.63) is 38.9 Å². The Kier molecular flexibility index (Phi) is 6.09.